The van der Waals surface area contributed by atoms with E-state index in [1.165, 1.54) is 0 Å². The number of likely N-dealkylation sites (tertiary alicyclic amines) is 1. The molecule has 0 saturated carbocycles. The minimum absolute atomic E-state index is 0.0465. The van der Waals surface area contributed by atoms with Gasteiger partial charge in [0, 0.05) is 24.5 Å². The van der Waals surface area contributed by atoms with Crippen molar-refractivity contribution in [2.45, 2.75) is 33.7 Å². The highest BCUT2D eigenvalue weighted by atomic mass is 16.2. The number of imide groups is 1. The number of piperidine rings is 2. The molecule has 2 rings (SSSR count). The lowest BCUT2D eigenvalue weighted by Gasteiger charge is -2.59. The van der Waals surface area contributed by atoms with Gasteiger partial charge in [0.15, 0.2) is 10.8 Å². The van der Waals surface area contributed by atoms with Crippen molar-refractivity contribution >= 4 is 11.8 Å². The minimum atomic E-state index is -1.39. The Bertz CT molecular complexity index is 525. The van der Waals surface area contributed by atoms with Crippen LogP contribution >= 0.6 is 0 Å². The Morgan fingerprint density at radius 3 is 1.80 bits per heavy atom. The third-order valence-corrected chi connectivity index (χ3v) is 5.13. The van der Waals surface area contributed by atoms with Crippen LogP contribution in [0.2, 0.25) is 0 Å². The van der Waals surface area contributed by atoms with Gasteiger partial charge in [-0.1, -0.05) is 13.8 Å². The third kappa shape index (κ3) is 1.35. The van der Waals surface area contributed by atoms with Crippen molar-refractivity contribution in [2.24, 2.45) is 16.2 Å². The molecule has 2 atom stereocenters. The van der Waals surface area contributed by atoms with E-state index in [1.807, 2.05) is 18.7 Å². The summed E-state index contributed by atoms with van der Waals surface area (Å²) in [6, 6.07) is 4.24. The molecule has 0 spiro atoms. The monoisotopic (exact) mass is 274 g/mol. The SMILES string of the molecule is CC(C)N1CC2(C#N)C(=O)NC(=O)C(C#N)(C1)C2(C)C. The summed E-state index contributed by atoms with van der Waals surface area (Å²) in [5, 5.41) is 21.5. The number of carbonyl (C=O) groups is 2. The van der Waals surface area contributed by atoms with Crippen molar-refractivity contribution in [3.63, 3.8) is 0 Å². The summed E-state index contributed by atoms with van der Waals surface area (Å²) in [7, 11) is 0. The van der Waals surface area contributed by atoms with E-state index in [9.17, 15) is 20.1 Å². The van der Waals surface area contributed by atoms with E-state index in [1.54, 1.807) is 13.8 Å². The molecule has 6 heteroatoms. The highest BCUT2D eigenvalue weighted by Gasteiger charge is 2.72. The highest BCUT2D eigenvalue weighted by Crippen LogP contribution is 2.58. The van der Waals surface area contributed by atoms with Crippen molar-refractivity contribution in [3.8, 4) is 12.1 Å². The van der Waals surface area contributed by atoms with Gasteiger partial charge in [-0.15, -0.1) is 0 Å². The number of amides is 2. The Morgan fingerprint density at radius 1 is 1.10 bits per heavy atom. The number of nitrogens with zero attached hydrogens (tertiary/aromatic N) is 3. The molecular weight excluding hydrogens is 256 g/mol. The molecule has 2 aliphatic heterocycles. The molecule has 0 aliphatic carbocycles. The largest absolute Gasteiger partial charge is 0.297 e. The second-order valence-corrected chi connectivity index (χ2v) is 6.44. The molecule has 2 saturated heterocycles. The summed E-state index contributed by atoms with van der Waals surface area (Å²) in [4.78, 5) is 26.5. The van der Waals surface area contributed by atoms with Gasteiger partial charge in [-0.25, -0.2) is 0 Å². The average Bonchev–Trinajstić information content (AvgIpc) is 2.36. The molecule has 2 heterocycles. The van der Waals surface area contributed by atoms with Crippen LogP contribution in [-0.2, 0) is 9.59 Å². The molecule has 0 aromatic rings. The summed E-state index contributed by atoms with van der Waals surface area (Å²) in [6.45, 7) is 7.66. The van der Waals surface area contributed by atoms with Crippen LogP contribution in [0.4, 0.5) is 0 Å². The molecule has 6 nitrogen and oxygen atoms in total. The first-order valence-electron chi connectivity index (χ1n) is 6.61. The Balaban J connectivity index is 2.72. The Kier molecular flexibility index (Phi) is 2.92. The molecule has 0 radical (unpaired) electrons. The van der Waals surface area contributed by atoms with Crippen molar-refractivity contribution in [3.05, 3.63) is 0 Å². The van der Waals surface area contributed by atoms with E-state index in [2.05, 4.69) is 17.5 Å². The Hall–Kier alpha value is -1.92. The first kappa shape index (κ1) is 14.5. The second kappa shape index (κ2) is 4.04. The second-order valence-electron chi connectivity index (χ2n) is 6.44. The molecule has 0 aromatic heterocycles. The Labute approximate surface area is 118 Å². The van der Waals surface area contributed by atoms with Crippen molar-refractivity contribution in [1.82, 2.24) is 10.2 Å². The molecule has 20 heavy (non-hydrogen) atoms. The first-order chi connectivity index (χ1) is 9.18. The maximum atomic E-state index is 12.3. The van der Waals surface area contributed by atoms with Gasteiger partial charge in [0.05, 0.1) is 12.1 Å². The zero-order chi connectivity index (χ0) is 15.3. The zero-order valence-electron chi connectivity index (χ0n) is 12.1. The third-order valence-electron chi connectivity index (χ3n) is 5.13. The molecule has 2 bridgehead atoms. The van der Waals surface area contributed by atoms with Gasteiger partial charge in [-0.3, -0.25) is 19.8 Å². The van der Waals surface area contributed by atoms with E-state index in [0.29, 0.717) is 0 Å². The quantitative estimate of drug-likeness (QED) is 0.699. The molecular formula is C14H18N4O2. The predicted molar refractivity (Wildman–Crippen MR) is 69.7 cm³/mol. The van der Waals surface area contributed by atoms with E-state index < -0.39 is 28.1 Å². The molecule has 2 amide bonds. The Morgan fingerprint density at radius 2 is 1.50 bits per heavy atom. The van der Waals surface area contributed by atoms with E-state index in [-0.39, 0.29) is 19.1 Å². The average molecular weight is 274 g/mol. The number of carbonyl (C=O) groups excluding carboxylic acids is 2. The van der Waals surface area contributed by atoms with Crippen LogP contribution in [0.25, 0.3) is 0 Å². The standard InChI is InChI=1S/C14H18N4O2/c1-9(2)18-7-13(5-15)10(19)17-11(20)14(6-16,8-18)12(13,3)4/h9H,7-8H2,1-4H3,(H,17,19,20). The fraction of sp³-hybridized carbons (Fsp3) is 0.714. The molecule has 2 fully saturated rings. The van der Waals surface area contributed by atoms with Crippen molar-refractivity contribution < 1.29 is 9.59 Å². The van der Waals surface area contributed by atoms with Gasteiger partial charge in [0.1, 0.15) is 0 Å². The molecule has 106 valence electrons. The van der Waals surface area contributed by atoms with Gasteiger partial charge in [0.25, 0.3) is 0 Å². The van der Waals surface area contributed by atoms with Crippen LogP contribution in [0.15, 0.2) is 0 Å². The van der Waals surface area contributed by atoms with Gasteiger partial charge < -0.3 is 0 Å². The highest BCUT2D eigenvalue weighted by molar-refractivity contribution is 6.07. The summed E-state index contributed by atoms with van der Waals surface area (Å²) >= 11 is 0. The van der Waals surface area contributed by atoms with Crippen LogP contribution in [0.5, 0.6) is 0 Å². The van der Waals surface area contributed by atoms with Crippen molar-refractivity contribution in [1.29, 1.82) is 10.5 Å². The minimum Gasteiger partial charge on any atom is -0.297 e. The lowest BCUT2D eigenvalue weighted by atomic mass is 9.48. The zero-order valence-corrected chi connectivity index (χ0v) is 12.1. The number of nitrogens with one attached hydrogen (secondary N) is 1. The number of fused-ring (bicyclic) bond motifs is 2. The van der Waals surface area contributed by atoms with E-state index in [0.717, 1.165) is 0 Å². The van der Waals surface area contributed by atoms with Crippen LogP contribution in [0.3, 0.4) is 0 Å². The molecule has 2 unspecified atom stereocenters. The fourth-order valence-electron chi connectivity index (χ4n) is 3.27. The van der Waals surface area contributed by atoms with Crippen molar-refractivity contribution in [2.75, 3.05) is 13.1 Å². The first-order valence-corrected chi connectivity index (χ1v) is 6.61. The summed E-state index contributed by atoms with van der Waals surface area (Å²) in [5.41, 5.74) is -3.81. The van der Waals surface area contributed by atoms with Gasteiger partial charge in [0.2, 0.25) is 11.8 Å². The van der Waals surface area contributed by atoms with E-state index in [4.69, 9.17) is 0 Å². The number of rotatable bonds is 1. The maximum absolute atomic E-state index is 12.3. The summed E-state index contributed by atoms with van der Waals surface area (Å²) < 4.78 is 0. The lowest BCUT2D eigenvalue weighted by Crippen LogP contribution is -2.76. The van der Waals surface area contributed by atoms with E-state index >= 15 is 0 Å². The molecule has 2 aliphatic rings. The van der Waals surface area contributed by atoms with Gasteiger partial charge in [-0.2, -0.15) is 10.5 Å². The molecule has 1 N–H and O–H groups in total. The summed E-state index contributed by atoms with van der Waals surface area (Å²) in [6.07, 6.45) is 0. The number of hydrogen-bond donors (Lipinski definition) is 1. The van der Waals surface area contributed by atoms with Crippen LogP contribution in [-0.4, -0.2) is 35.8 Å². The smallest absolute Gasteiger partial charge is 0.249 e. The van der Waals surface area contributed by atoms with Crippen LogP contribution in [0, 0.1) is 38.9 Å². The van der Waals surface area contributed by atoms with Gasteiger partial charge >= 0.3 is 0 Å². The lowest BCUT2D eigenvalue weighted by molar-refractivity contribution is -0.175. The fourth-order valence-corrected chi connectivity index (χ4v) is 3.27. The maximum Gasteiger partial charge on any atom is 0.249 e. The number of hydrogen-bond acceptors (Lipinski definition) is 5. The number of nitriles is 2. The van der Waals surface area contributed by atoms with Gasteiger partial charge in [-0.05, 0) is 13.8 Å². The van der Waals surface area contributed by atoms with Crippen LogP contribution < -0.4 is 5.32 Å². The topological polar surface area (TPSA) is 97.0 Å². The predicted octanol–water partition coefficient (Wildman–Crippen LogP) is 0.413. The molecule has 0 aromatic carbocycles. The normalized spacial score (nSPS) is 36.1. The van der Waals surface area contributed by atoms with Crippen LogP contribution in [0.1, 0.15) is 27.7 Å². The summed E-state index contributed by atoms with van der Waals surface area (Å²) in [5.74, 6) is -1.18.